The zero-order valence-electron chi connectivity index (χ0n) is 12.3. The average Bonchev–Trinajstić information content (AvgIpc) is 2.84. The van der Waals surface area contributed by atoms with E-state index in [1.54, 1.807) is 13.3 Å². The monoisotopic (exact) mass is 276 g/mol. The van der Waals surface area contributed by atoms with Gasteiger partial charge in [0, 0.05) is 24.2 Å². The molecular weight excluding hydrogens is 256 g/mol. The Hall–Kier alpha value is -1.95. The molecule has 0 atom stereocenters. The molecule has 0 saturated heterocycles. The van der Waals surface area contributed by atoms with Gasteiger partial charge in [-0.05, 0) is 26.3 Å². The Bertz CT molecular complexity index is 543. The Morgan fingerprint density at radius 3 is 2.70 bits per heavy atom. The summed E-state index contributed by atoms with van der Waals surface area (Å²) in [5.74, 6) is 1.84. The van der Waals surface area contributed by atoms with Crippen LogP contribution in [0.5, 0.6) is 5.88 Å². The fourth-order valence-electron chi connectivity index (χ4n) is 1.59. The standard InChI is InChI=1S/C14H20N4O2/c1-14(2,3)16-9-13-17-11(18-20-13)7-10-5-6-12(19-4)15-8-10/h5-6,8,16H,7,9H2,1-4H3. The van der Waals surface area contributed by atoms with E-state index >= 15 is 0 Å². The molecule has 0 aliphatic heterocycles. The summed E-state index contributed by atoms with van der Waals surface area (Å²) in [6.45, 7) is 6.84. The van der Waals surface area contributed by atoms with Gasteiger partial charge in [0.25, 0.3) is 0 Å². The van der Waals surface area contributed by atoms with Gasteiger partial charge in [-0.15, -0.1) is 0 Å². The van der Waals surface area contributed by atoms with Gasteiger partial charge in [-0.2, -0.15) is 4.98 Å². The summed E-state index contributed by atoms with van der Waals surface area (Å²) >= 11 is 0. The summed E-state index contributed by atoms with van der Waals surface area (Å²) < 4.78 is 10.2. The van der Waals surface area contributed by atoms with Crippen molar-refractivity contribution in [2.24, 2.45) is 0 Å². The summed E-state index contributed by atoms with van der Waals surface area (Å²) in [6, 6.07) is 3.76. The molecule has 2 aromatic heterocycles. The molecule has 2 heterocycles. The van der Waals surface area contributed by atoms with Crippen LogP contribution in [0.25, 0.3) is 0 Å². The topological polar surface area (TPSA) is 73.1 Å². The van der Waals surface area contributed by atoms with Crippen molar-refractivity contribution in [3.8, 4) is 5.88 Å². The first-order valence-electron chi connectivity index (χ1n) is 6.52. The Morgan fingerprint density at radius 1 is 1.30 bits per heavy atom. The zero-order valence-corrected chi connectivity index (χ0v) is 12.3. The molecule has 0 aliphatic rings. The number of pyridine rings is 1. The van der Waals surface area contributed by atoms with Gasteiger partial charge in [0.15, 0.2) is 5.82 Å². The Balaban J connectivity index is 1.94. The first kappa shape index (κ1) is 14.5. The molecule has 0 radical (unpaired) electrons. The lowest BCUT2D eigenvalue weighted by Crippen LogP contribution is -2.35. The van der Waals surface area contributed by atoms with E-state index in [0.717, 1.165) is 5.56 Å². The first-order chi connectivity index (χ1) is 9.46. The maximum Gasteiger partial charge on any atom is 0.240 e. The zero-order chi connectivity index (χ0) is 14.6. The van der Waals surface area contributed by atoms with Crippen molar-refractivity contribution in [1.29, 1.82) is 0 Å². The molecule has 0 bridgehead atoms. The summed E-state index contributed by atoms with van der Waals surface area (Å²) in [7, 11) is 1.59. The van der Waals surface area contributed by atoms with E-state index < -0.39 is 0 Å². The molecule has 6 nitrogen and oxygen atoms in total. The Labute approximate surface area is 118 Å². The number of nitrogens with zero attached hydrogens (tertiary/aromatic N) is 3. The number of methoxy groups -OCH3 is 1. The molecule has 0 amide bonds. The highest BCUT2D eigenvalue weighted by Gasteiger charge is 2.12. The highest BCUT2D eigenvalue weighted by molar-refractivity contribution is 5.20. The van der Waals surface area contributed by atoms with Crippen LogP contribution in [0.4, 0.5) is 0 Å². The maximum absolute atomic E-state index is 5.21. The van der Waals surface area contributed by atoms with E-state index in [0.29, 0.717) is 30.6 Å². The van der Waals surface area contributed by atoms with E-state index in [-0.39, 0.29) is 5.54 Å². The number of nitrogens with one attached hydrogen (secondary N) is 1. The van der Waals surface area contributed by atoms with E-state index in [1.165, 1.54) is 0 Å². The summed E-state index contributed by atoms with van der Waals surface area (Å²) in [6.07, 6.45) is 2.35. The van der Waals surface area contributed by atoms with E-state index in [2.05, 4.69) is 41.2 Å². The normalized spacial score (nSPS) is 11.6. The second-order valence-electron chi connectivity index (χ2n) is 5.59. The third kappa shape index (κ3) is 4.31. The molecule has 0 spiro atoms. The van der Waals surface area contributed by atoms with Crippen molar-refractivity contribution < 1.29 is 9.26 Å². The van der Waals surface area contributed by atoms with Gasteiger partial charge in [0.2, 0.25) is 11.8 Å². The molecule has 6 heteroatoms. The van der Waals surface area contributed by atoms with Gasteiger partial charge in [-0.25, -0.2) is 4.98 Å². The molecule has 0 unspecified atom stereocenters. The predicted molar refractivity (Wildman–Crippen MR) is 74.5 cm³/mol. The molecular formula is C14H20N4O2. The van der Waals surface area contributed by atoms with Crippen LogP contribution in [0.3, 0.4) is 0 Å². The maximum atomic E-state index is 5.21. The quantitative estimate of drug-likeness (QED) is 0.900. The first-order valence-corrected chi connectivity index (χ1v) is 6.52. The minimum atomic E-state index is 0.0224. The van der Waals surface area contributed by atoms with Crippen LogP contribution < -0.4 is 10.1 Å². The molecule has 2 rings (SSSR count). The minimum Gasteiger partial charge on any atom is -0.481 e. The van der Waals surface area contributed by atoms with E-state index in [4.69, 9.17) is 9.26 Å². The van der Waals surface area contributed by atoms with Crippen molar-refractivity contribution in [2.75, 3.05) is 7.11 Å². The fraction of sp³-hybridized carbons (Fsp3) is 0.500. The van der Waals surface area contributed by atoms with E-state index in [1.807, 2.05) is 12.1 Å². The van der Waals surface area contributed by atoms with Gasteiger partial charge in [-0.3, -0.25) is 0 Å². The van der Waals surface area contributed by atoms with Crippen molar-refractivity contribution in [3.63, 3.8) is 0 Å². The van der Waals surface area contributed by atoms with Crippen molar-refractivity contribution in [1.82, 2.24) is 20.4 Å². The molecule has 0 aliphatic carbocycles. The summed E-state index contributed by atoms with van der Waals surface area (Å²) in [5.41, 5.74) is 1.04. The number of hydrogen-bond acceptors (Lipinski definition) is 6. The lowest BCUT2D eigenvalue weighted by Gasteiger charge is -2.18. The molecule has 2 aromatic rings. The third-order valence-corrected chi connectivity index (χ3v) is 2.65. The Kier molecular flexibility index (Phi) is 4.34. The molecule has 0 fully saturated rings. The van der Waals surface area contributed by atoms with Gasteiger partial charge < -0.3 is 14.6 Å². The van der Waals surface area contributed by atoms with Crippen LogP contribution in [0, 0.1) is 0 Å². The largest absolute Gasteiger partial charge is 0.481 e. The fourth-order valence-corrected chi connectivity index (χ4v) is 1.59. The van der Waals surface area contributed by atoms with Crippen LogP contribution in [0.2, 0.25) is 0 Å². The second kappa shape index (κ2) is 6.00. The average molecular weight is 276 g/mol. The van der Waals surface area contributed by atoms with Gasteiger partial charge in [0.1, 0.15) is 0 Å². The highest BCUT2D eigenvalue weighted by Crippen LogP contribution is 2.10. The number of ether oxygens (including phenoxy) is 1. The Morgan fingerprint density at radius 2 is 2.10 bits per heavy atom. The number of hydrogen-bond donors (Lipinski definition) is 1. The molecule has 0 aromatic carbocycles. The lowest BCUT2D eigenvalue weighted by molar-refractivity contribution is 0.334. The predicted octanol–water partition coefficient (Wildman–Crippen LogP) is 1.95. The molecule has 1 N–H and O–H groups in total. The van der Waals surface area contributed by atoms with Crippen molar-refractivity contribution in [2.45, 2.75) is 39.3 Å². The minimum absolute atomic E-state index is 0.0224. The third-order valence-electron chi connectivity index (χ3n) is 2.65. The molecule has 20 heavy (non-hydrogen) atoms. The summed E-state index contributed by atoms with van der Waals surface area (Å²) in [4.78, 5) is 8.50. The smallest absolute Gasteiger partial charge is 0.240 e. The lowest BCUT2D eigenvalue weighted by atomic mass is 10.1. The van der Waals surface area contributed by atoms with Gasteiger partial charge >= 0.3 is 0 Å². The van der Waals surface area contributed by atoms with Crippen LogP contribution in [0.15, 0.2) is 22.9 Å². The molecule has 108 valence electrons. The van der Waals surface area contributed by atoms with Crippen molar-refractivity contribution >= 4 is 0 Å². The SMILES string of the molecule is COc1ccc(Cc2noc(CNC(C)(C)C)n2)cn1. The summed E-state index contributed by atoms with van der Waals surface area (Å²) in [5, 5.41) is 7.27. The molecule has 0 saturated carbocycles. The highest BCUT2D eigenvalue weighted by atomic mass is 16.5. The number of rotatable bonds is 5. The van der Waals surface area contributed by atoms with Crippen LogP contribution >= 0.6 is 0 Å². The number of aromatic nitrogens is 3. The second-order valence-corrected chi connectivity index (χ2v) is 5.59. The van der Waals surface area contributed by atoms with Crippen LogP contribution in [-0.4, -0.2) is 27.8 Å². The van der Waals surface area contributed by atoms with Gasteiger partial charge in [0.05, 0.1) is 13.7 Å². The van der Waals surface area contributed by atoms with Crippen LogP contribution in [-0.2, 0) is 13.0 Å². The van der Waals surface area contributed by atoms with Crippen molar-refractivity contribution in [3.05, 3.63) is 35.6 Å². The van der Waals surface area contributed by atoms with E-state index in [9.17, 15) is 0 Å². The van der Waals surface area contributed by atoms with Crippen LogP contribution in [0.1, 0.15) is 38.0 Å². The van der Waals surface area contributed by atoms with Gasteiger partial charge in [-0.1, -0.05) is 11.2 Å².